The summed E-state index contributed by atoms with van der Waals surface area (Å²) in [5, 5.41) is 2.51. The number of carbonyl (C=O) groups excluding carboxylic acids is 2. The SMILES string of the molecule is CC1CCN(C(=O)COC(=O)c2csc(-c3ncccn3)n2)c2ccccc2S1. The lowest BCUT2D eigenvalue weighted by atomic mass is 10.2. The van der Waals surface area contributed by atoms with Gasteiger partial charge >= 0.3 is 5.97 Å². The van der Waals surface area contributed by atoms with Gasteiger partial charge in [0.05, 0.1) is 5.69 Å². The van der Waals surface area contributed by atoms with Crippen LogP contribution in [0, 0.1) is 0 Å². The molecule has 0 bridgehead atoms. The predicted octanol–water partition coefficient (Wildman–Crippen LogP) is 3.67. The molecule has 1 aliphatic heterocycles. The summed E-state index contributed by atoms with van der Waals surface area (Å²) in [6.45, 7) is 2.40. The number of anilines is 1. The number of thiazole rings is 1. The molecule has 0 radical (unpaired) electrons. The van der Waals surface area contributed by atoms with Gasteiger partial charge < -0.3 is 9.64 Å². The van der Waals surface area contributed by atoms with Crippen LogP contribution in [-0.2, 0) is 9.53 Å². The van der Waals surface area contributed by atoms with E-state index in [0.717, 1.165) is 17.0 Å². The van der Waals surface area contributed by atoms with E-state index >= 15 is 0 Å². The molecule has 1 aliphatic rings. The second-order valence-corrected chi connectivity index (χ2v) is 8.76. The maximum atomic E-state index is 12.8. The molecule has 0 N–H and O–H groups in total. The molecule has 3 heterocycles. The number of ether oxygens (including phenoxy) is 1. The van der Waals surface area contributed by atoms with Gasteiger partial charge in [-0.15, -0.1) is 23.1 Å². The van der Waals surface area contributed by atoms with Crippen molar-refractivity contribution in [2.75, 3.05) is 18.1 Å². The summed E-state index contributed by atoms with van der Waals surface area (Å²) in [6.07, 6.45) is 4.09. The first-order valence-corrected chi connectivity index (χ1v) is 10.8. The van der Waals surface area contributed by atoms with Crippen LogP contribution < -0.4 is 4.90 Å². The van der Waals surface area contributed by atoms with Crippen molar-refractivity contribution in [1.29, 1.82) is 0 Å². The van der Waals surface area contributed by atoms with Crippen molar-refractivity contribution in [1.82, 2.24) is 15.0 Å². The van der Waals surface area contributed by atoms with E-state index in [4.69, 9.17) is 4.74 Å². The van der Waals surface area contributed by atoms with Crippen LogP contribution in [0.2, 0.25) is 0 Å². The minimum absolute atomic E-state index is 0.144. The van der Waals surface area contributed by atoms with E-state index in [1.807, 2.05) is 24.3 Å². The highest BCUT2D eigenvalue weighted by molar-refractivity contribution is 8.00. The largest absolute Gasteiger partial charge is 0.451 e. The van der Waals surface area contributed by atoms with Gasteiger partial charge in [0, 0.05) is 34.5 Å². The highest BCUT2D eigenvalue weighted by atomic mass is 32.2. The number of aromatic nitrogens is 3. The fourth-order valence-electron chi connectivity index (χ4n) is 2.90. The van der Waals surface area contributed by atoms with E-state index in [0.29, 0.717) is 22.6 Å². The van der Waals surface area contributed by atoms with Crippen molar-refractivity contribution in [3.05, 3.63) is 53.8 Å². The molecule has 1 aromatic carbocycles. The highest BCUT2D eigenvalue weighted by Gasteiger charge is 2.25. The minimum atomic E-state index is -0.636. The Morgan fingerprint density at radius 3 is 2.83 bits per heavy atom. The average molecular weight is 427 g/mol. The molecular weight excluding hydrogens is 408 g/mol. The fraction of sp³-hybridized carbons (Fsp3) is 0.250. The first kappa shape index (κ1) is 19.5. The van der Waals surface area contributed by atoms with Crippen LogP contribution in [0.3, 0.4) is 0 Å². The zero-order valence-corrected chi connectivity index (χ0v) is 17.3. The van der Waals surface area contributed by atoms with E-state index in [9.17, 15) is 9.59 Å². The maximum absolute atomic E-state index is 12.8. The fourth-order valence-corrected chi connectivity index (χ4v) is 4.75. The molecule has 4 rings (SSSR count). The summed E-state index contributed by atoms with van der Waals surface area (Å²) in [5.41, 5.74) is 1.01. The van der Waals surface area contributed by atoms with Gasteiger partial charge in [-0.3, -0.25) is 4.79 Å². The second kappa shape index (κ2) is 8.71. The molecule has 0 saturated heterocycles. The minimum Gasteiger partial charge on any atom is -0.451 e. The standard InChI is InChI=1S/C20H18N4O3S2/c1-13-7-10-24(15-5-2-3-6-16(15)29-13)17(25)11-27-20(26)14-12-28-19(23-14)18-21-8-4-9-22-18/h2-6,8-9,12-13H,7,10-11H2,1H3. The second-order valence-electron chi connectivity index (χ2n) is 6.42. The van der Waals surface area contributed by atoms with Crippen LogP contribution in [0.25, 0.3) is 10.8 Å². The summed E-state index contributed by atoms with van der Waals surface area (Å²) >= 11 is 3.01. The van der Waals surface area contributed by atoms with Crippen LogP contribution in [0.1, 0.15) is 23.8 Å². The molecule has 0 aliphatic carbocycles. The number of para-hydroxylation sites is 1. The topological polar surface area (TPSA) is 85.3 Å². The number of thioether (sulfide) groups is 1. The van der Waals surface area contributed by atoms with Gasteiger partial charge in [-0.1, -0.05) is 19.1 Å². The molecule has 3 aromatic rings. The molecular formula is C20H18N4O3S2. The summed E-state index contributed by atoms with van der Waals surface area (Å²) in [7, 11) is 0. The van der Waals surface area contributed by atoms with E-state index in [2.05, 4.69) is 21.9 Å². The molecule has 1 atom stereocenters. The Hall–Kier alpha value is -2.78. The van der Waals surface area contributed by atoms with Crippen molar-refractivity contribution >= 4 is 40.7 Å². The Kier molecular flexibility index (Phi) is 5.86. The van der Waals surface area contributed by atoms with Crippen LogP contribution >= 0.6 is 23.1 Å². The van der Waals surface area contributed by atoms with Gasteiger partial charge in [-0.25, -0.2) is 19.7 Å². The zero-order chi connectivity index (χ0) is 20.2. The van der Waals surface area contributed by atoms with Gasteiger partial charge in [0.2, 0.25) is 0 Å². The first-order valence-electron chi connectivity index (χ1n) is 9.08. The number of fused-ring (bicyclic) bond motifs is 1. The Morgan fingerprint density at radius 2 is 2.00 bits per heavy atom. The Bertz CT molecular complexity index is 1030. The Labute approximate surface area is 176 Å². The Balaban J connectivity index is 1.42. The highest BCUT2D eigenvalue weighted by Crippen LogP contribution is 2.37. The van der Waals surface area contributed by atoms with Crippen molar-refractivity contribution < 1.29 is 14.3 Å². The summed E-state index contributed by atoms with van der Waals surface area (Å²) < 4.78 is 5.24. The number of rotatable bonds is 4. The van der Waals surface area contributed by atoms with Crippen molar-refractivity contribution in [3.63, 3.8) is 0 Å². The summed E-state index contributed by atoms with van der Waals surface area (Å²) in [5.74, 6) is -0.439. The van der Waals surface area contributed by atoms with Gasteiger partial charge in [0.15, 0.2) is 23.1 Å². The van der Waals surface area contributed by atoms with Gasteiger partial charge in [0.25, 0.3) is 5.91 Å². The summed E-state index contributed by atoms with van der Waals surface area (Å²) in [6, 6.07) is 9.51. The maximum Gasteiger partial charge on any atom is 0.358 e. The Morgan fingerprint density at radius 1 is 1.21 bits per heavy atom. The molecule has 9 heteroatoms. The van der Waals surface area contributed by atoms with Crippen molar-refractivity contribution in [2.45, 2.75) is 23.5 Å². The smallest absolute Gasteiger partial charge is 0.358 e. The number of esters is 1. The number of carbonyl (C=O) groups is 2. The van der Waals surface area contributed by atoms with Crippen LogP contribution in [0.15, 0.2) is 53.0 Å². The van der Waals surface area contributed by atoms with Crippen LogP contribution in [-0.4, -0.2) is 45.2 Å². The van der Waals surface area contributed by atoms with Gasteiger partial charge in [0.1, 0.15) is 0 Å². The van der Waals surface area contributed by atoms with Gasteiger partial charge in [-0.2, -0.15) is 0 Å². The number of hydrogen-bond donors (Lipinski definition) is 0. The predicted molar refractivity (Wildman–Crippen MR) is 112 cm³/mol. The van der Waals surface area contributed by atoms with Crippen molar-refractivity contribution in [3.8, 4) is 10.8 Å². The lowest BCUT2D eigenvalue weighted by Crippen LogP contribution is -2.35. The number of nitrogens with zero attached hydrogens (tertiary/aromatic N) is 4. The number of hydrogen-bond acceptors (Lipinski definition) is 8. The molecule has 0 saturated carbocycles. The monoisotopic (exact) mass is 426 g/mol. The lowest BCUT2D eigenvalue weighted by molar-refractivity contribution is -0.121. The average Bonchev–Trinajstić information content (AvgIpc) is 3.17. The zero-order valence-electron chi connectivity index (χ0n) is 15.6. The molecule has 2 aromatic heterocycles. The molecule has 0 spiro atoms. The van der Waals surface area contributed by atoms with E-state index < -0.39 is 5.97 Å². The third kappa shape index (κ3) is 4.46. The molecule has 7 nitrogen and oxygen atoms in total. The van der Waals surface area contributed by atoms with E-state index in [1.54, 1.807) is 40.5 Å². The molecule has 0 fully saturated rings. The third-order valence-electron chi connectivity index (χ3n) is 4.34. The molecule has 1 amide bonds. The van der Waals surface area contributed by atoms with Crippen molar-refractivity contribution in [2.24, 2.45) is 0 Å². The molecule has 148 valence electrons. The normalized spacial score (nSPS) is 16.0. The quantitative estimate of drug-likeness (QED) is 0.588. The number of amides is 1. The number of benzene rings is 1. The van der Waals surface area contributed by atoms with E-state index in [-0.39, 0.29) is 18.2 Å². The first-order chi connectivity index (χ1) is 14.1. The van der Waals surface area contributed by atoms with Crippen LogP contribution in [0.4, 0.5) is 5.69 Å². The molecule has 29 heavy (non-hydrogen) atoms. The van der Waals surface area contributed by atoms with Crippen LogP contribution in [0.5, 0.6) is 0 Å². The summed E-state index contributed by atoms with van der Waals surface area (Å²) in [4.78, 5) is 40.3. The van der Waals surface area contributed by atoms with Gasteiger partial charge in [-0.05, 0) is 24.6 Å². The lowest BCUT2D eigenvalue weighted by Gasteiger charge is -2.22. The van der Waals surface area contributed by atoms with E-state index in [1.165, 1.54) is 11.3 Å². The molecule has 1 unspecified atom stereocenters. The third-order valence-corrected chi connectivity index (χ3v) is 6.42.